The summed E-state index contributed by atoms with van der Waals surface area (Å²) in [6.45, 7) is 7.42. The number of piperazine rings is 1. The molecule has 1 unspecified atom stereocenters. The highest BCUT2D eigenvalue weighted by molar-refractivity contribution is 5.81. The van der Waals surface area contributed by atoms with Gasteiger partial charge in [0.2, 0.25) is 17.6 Å². The van der Waals surface area contributed by atoms with Crippen molar-refractivity contribution in [2.45, 2.75) is 32.7 Å². The molecule has 1 aromatic carbocycles. The maximum absolute atomic E-state index is 12.2. The third-order valence-corrected chi connectivity index (χ3v) is 5.21. The number of aryl methyl sites for hydroxylation is 1. The number of hydrogen-bond acceptors (Lipinski definition) is 5. The maximum Gasteiger partial charge on any atom is 0.244 e. The van der Waals surface area contributed by atoms with Crippen LogP contribution in [0.3, 0.4) is 0 Å². The number of benzene rings is 1. The summed E-state index contributed by atoms with van der Waals surface area (Å²) in [5.74, 6) is 1.91. The molecule has 0 bridgehead atoms. The van der Waals surface area contributed by atoms with Gasteiger partial charge >= 0.3 is 0 Å². The van der Waals surface area contributed by atoms with Crippen LogP contribution in [0.1, 0.15) is 37.3 Å². The van der Waals surface area contributed by atoms with Crippen molar-refractivity contribution in [3.63, 3.8) is 0 Å². The predicted molar refractivity (Wildman–Crippen MR) is 93.8 cm³/mol. The first-order chi connectivity index (χ1) is 12.1. The summed E-state index contributed by atoms with van der Waals surface area (Å²) in [7, 11) is 0. The fraction of sp³-hybridized carbons (Fsp3) is 0.526. The zero-order valence-corrected chi connectivity index (χ0v) is 14.8. The van der Waals surface area contributed by atoms with Crippen LogP contribution in [0.15, 0.2) is 28.8 Å². The normalized spacial score (nSPS) is 19.8. The van der Waals surface area contributed by atoms with E-state index in [0.29, 0.717) is 23.5 Å². The Hall–Kier alpha value is -2.21. The first-order valence-electron chi connectivity index (χ1n) is 9.05. The molecule has 1 aliphatic carbocycles. The van der Waals surface area contributed by atoms with Crippen molar-refractivity contribution in [2.75, 3.05) is 26.2 Å². The minimum Gasteiger partial charge on any atom is -0.340 e. The van der Waals surface area contributed by atoms with Crippen LogP contribution in [-0.2, 0) is 4.79 Å². The Morgan fingerprint density at radius 3 is 2.48 bits per heavy atom. The standard InChI is InChI=1S/C19H24N4O2/c1-13-3-5-15(6-4-13)17-20-18(25-21-17)14(2)22-9-11-23(12-10-22)19(24)16-7-8-16/h3-6,14,16H,7-12H2,1-2H3. The van der Waals surface area contributed by atoms with E-state index in [2.05, 4.69) is 28.9 Å². The smallest absolute Gasteiger partial charge is 0.244 e. The summed E-state index contributed by atoms with van der Waals surface area (Å²) in [6.07, 6.45) is 2.14. The Morgan fingerprint density at radius 1 is 1.16 bits per heavy atom. The van der Waals surface area contributed by atoms with E-state index in [1.165, 1.54) is 5.56 Å². The van der Waals surface area contributed by atoms with Crippen LogP contribution in [0.25, 0.3) is 11.4 Å². The number of carbonyl (C=O) groups is 1. The van der Waals surface area contributed by atoms with Gasteiger partial charge in [0.25, 0.3) is 0 Å². The average Bonchev–Trinajstić information content (AvgIpc) is 3.38. The molecule has 1 aliphatic heterocycles. The van der Waals surface area contributed by atoms with Crippen LogP contribution < -0.4 is 0 Å². The third-order valence-electron chi connectivity index (χ3n) is 5.21. The summed E-state index contributed by atoms with van der Waals surface area (Å²) >= 11 is 0. The van der Waals surface area contributed by atoms with Gasteiger partial charge in [-0.25, -0.2) is 0 Å². The Labute approximate surface area is 147 Å². The quantitative estimate of drug-likeness (QED) is 0.856. The monoisotopic (exact) mass is 340 g/mol. The number of hydrogen-bond donors (Lipinski definition) is 0. The second-order valence-corrected chi connectivity index (χ2v) is 7.13. The molecular weight excluding hydrogens is 316 g/mol. The topological polar surface area (TPSA) is 62.5 Å². The molecule has 1 aromatic heterocycles. The highest BCUT2D eigenvalue weighted by Crippen LogP contribution is 2.32. The second-order valence-electron chi connectivity index (χ2n) is 7.13. The van der Waals surface area contributed by atoms with E-state index in [-0.39, 0.29) is 6.04 Å². The molecule has 6 heteroatoms. The molecule has 0 spiro atoms. The molecular formula is C19H24N4O2. The molecule has 2 aliphatic rings. The fourth-order valence-corrected chi connectivity index (χ4v) is 3.30. The zero-order valence-electron chi connectivity index (χ0n) is 14.8. The molecule has 0 radical (unpaired) electrons. The lowest BCUT2D eigenvalue weighted by molar-refractivity contribution is -0.134. The van der Waals surface area contributed by atoms with E-state index in [1.807, 2.05) is 29.2 Å². The van der Waals surface area contributed by atoms with Crippen molar-refractivity contribution in [3.05, 3.63) is 35.7 Å². The van der Waals surface area contributed by atoms with Gasteiger partial charge < -0.3 is 9.42 Å². The van der Waals surface area contributed by atoms with Gasteiger partial charge in [-0.2, -0.15) is 4.98 Å². The number of amides is 1. The number of aromatic nitrogens is 2. The molecule has 1 saturated carbocycles. The van der Waals surface area contributed by atoms with E-state index >= 15 is 0 Å². The number of nitrogens with zero attached hydrogens (tertiary/aromatic N) is 4. The highest BCUT2D eigenvalue weighted by Gasteiger charge is 2.35. The van der Waals surface area contributed by atoms with Crippen LogP contribution in [0, 0.1) is 12.8 Å². The first-order valence-corrected chi connectivity index (χ1v) is 9.05. The van der Waals surface area contributed by atoms with Gasteiger partial charge in [-0.3, -0.25) is 9.69 Å². The minimum absolute atomic E-state index is 0.0601. The molecule has 4 rings (SSSR count). The van der Waals surface area contributed by atoms with Crippen molar-refractivity contribution in [3.8, 4) is 11.4 Å². The van der Waals surface area contributed by atoms with E-state index in [0.717, 1.165) is 44.6 Å². The van der Waals surface area contributed by atoms with Gasteiger partial charge in [0.1, 0.15) is 0 Å². The van der Waals surface area contributed by atoms with Gasteiger partial charge in [-0.1, -0.05) is 35.0 Å². The van der Waals surface area contributed by atoms with Crippen LogP contribution >= 0.6 is 0 Å². The van der Waals surface area contributed by atoms with Crippen LogP contribution in [0.4, 0.5) is 0 Å². The lowest BCUT2D eigenvalue weighted by Gasteiger charge is -2.36. The van der Waals surface area contributed by atoms with Gasteiger partial charge in [-0.05, 0) is 26.7 Å². The third kappa shape index (κ3) is 3.44. The Kier molecular flexibility index (Phi) is 4.29. The van der Waals surface area contributed by atoms with Crippen molar-refractivity contribution in [1.29, 1.82) is 0 Å². The predicted octanol–water partition coefficient (Wildman–Crippen LogP) is 2.66. The van der Waals surface area contributed by atoms with E-state index in [4.69, 9.17) is 4.52 Å². The summed E-state index contributed by atoms with van der Waals surface area (Å²) < 4.78 is 5.50. The molecule has 2 aromatic rings. The van der Waals surface area contributed by atoms with Crippen molar-refractivity contribution in [2.24, 2.45) is 5.92 Å². The largest absolute Gasteiger partial charge is 0.340 e. The van der Waals surface area contributed by atoms with E-state index in [9.17, 15) is 4.79 Å². The Bertz CT molecular complexity index is 743. The maximum atomic E-state index is 12.2. The SMILES string of the molecule is Cc1ccc(-c2noc(C(C)N3CCN(C(=O)C4CC4)CC3)n2)cc1. The van der Waals surface area contributed by atoms with E-state index < -0.39 is 0 Å². The summed E-state index contributed by atoms with van der Waals surface area (Å²) in [6, 6.07) is 8.17. The molecule has 2 heterocycles. The fourth-order valence-electron chi connectivity index (χ4n) is 3.30. The lowest BCUT2D eigenvalue weighted by Crippen LogP contribution is -2.49. The van der Waals surface area contributed by atoms with E-state index in [1.54, 1.807) is 0 Å². The molecule has 2 fully saturated rings. The number of carbonyl (C=O) groups excluding carboxylic acids is 1. The first kappa shape index (κ1) is 16.3. The Morgan fingerprint density at radius 2 is 1.84 bits per heavy atom. The summed E-state index contributed by atoms with van der Waals surface area (Å²) in [5, 5.41) is 4.13. The van der Waals surface area contributed by atoms with Gasteiger partial charge in [-0.15, -0.1) is 0 Å². The average molecular weight is 340 g/mol. The number of rotatable bonds is 4. The van der Waals surface area contributed by atoms with Gasteiger partial charge in [0.15, 0.2) is 0 Å². The van der Waals surface area contributed by atoms with Crippen molar-refractivity contribution in [1.82, 2.24) is 19.9 Å². The van der Waals surface area contributed by atoms with Crippen LogP contribution in [0.5, 0.6) is 0 Å². The minimum atomic E-state index is 0.0601. The van der Waals surface area contributed by atoms with Crippen molar-refractivity contribution < 1.29 is 9.32 Å². The Balaban J connectivity index is 1.39. The molecule has 132 valence electrons. The molecule has 0 N–H and O–H groups in total. The van der Waals surface area contributed by atoms with Crippen LogP contribution in [-0.4, -0.2) is 52.0 Å². The summed E-state index contributed by atoms with van der Waals surface area (Å²) in [5.41, 5.74) is 2.17. The van der Waals surface area contributed by atoms with Crippen LogP contribution in [0.2, 0.25) is 0 Å². The van der Waals surface area contributed by atoms with Crippen molar-refractivity contribution >= 4 is 5.91 Å². The van der Waals surface area contributed by atoms with Gasteiger partial charge in [0, 0.05) is 37.7 Å². The second kappa shape index (κ2) is 6.59. The zero-order chi connectivity index (χ0) is 17.4. The molecule has 1 saturated heterocycles. The molecule has 1 atom stereocenters. The molecule has 25 heavy (non-hydrogen) atoms. The highest BCUT2D eigenvalue weighted by atomic mass is 16.5. The lowest BCUT2D eigenvalue weighted by atomic mass is 10.1. The molecule has 6 nitrogen and oxygen atoms in total. The van der Waals surface area contributed by atoms with Gasteiger partial charge in [0.05, 0.1) is 6.04 Å². The molecule has 1 amide bonds. The summed E-state index contributed by atoms with van der Waals surface area (Å²) in [4.78, 5) is 21.1.